The number of hydrogen-bond acceptors (Lipinski definition) is 7. The lowest BCUT2D eigenvalue weighted by molar-refractivity contribution is -0.119. The van der Waals surface area contributed by atoms with E-state index in [1.165, 1.54) is 0 Å². The van der Waals surface area contributed by atoms with Crippen molar-refractivity contribution in [3.8, 4) is 17.2 Å². The molecule has 2 N–H and O–H groups in total. The fourth-order valence-corrected chi connectivity index (χ4v) is 2.51. The Bertz CT molecular complexity index is 730. The number of ether oxygens (including phenoxy) is 1. The quantitative estimate of drug-likeness (QED) is 0.758. The molecule has 0 saturated carbocycles. The lowest BCUT2D eigenvalue weighted by atomic mass is 10.2. The van der Waals surface area contributed by atoms with Crippen LogP contribution in [0.15, 0.2) is 33.9 Å². The van der Waals surface area contributed by atoms with Gasteiger partial charge in [0.1, 0.15) is 5.75 Å². The zero-order valence-corrected chi connectivity index (χ0v) is 15.2. The summed E-state index contributed by atoms with van der Waals surface area (Å²) in [5, 5.41) is 12.4. The van der Waals surface area contributed by atoms with Crippen LogP contribution in [0.4, 0.5) is 4.79 Å². The number of urea groups is 1. The number of carbonyl (C=O) groups excluding carboxylic acids is 2. The summed E-state index contributed by atoms with van der Waals surface area (Å²) in [4.78, 5) is 23.5. The van der Waals surface area contributed by atoms with E-state index in [0.29, 0.717) is 5.89 Å². The molecule has 0 bridgehead atoms. The molecule has 1 atom stereocenters. The smallest absolute Gasteiger partial charge is 0.321 e. The molecule has 1 aromatic heterocycles. The zero-order valence-electron chi connectivity index (χ0n) is 14.4. The second kappa shape index (κ2) is 8.52. The number of nitrogens with zero attached hydrogens (tertiary/aromatic N) is 2. The third kappa shape index (κ3) is 5.49. The Hall–Kier alpha value is -2.55. The summed E-state index contributed by atoms with van der Waals surface area (Å²) in [6.07, 6.45) is 0. The number of methoxy groups -OCH3 is 1. The van der Waals surface area contributed by atoms with Gasteiger partial charge in [0.2, 0.25) is 11.8 Å². The van der Waals surface area contributed by atoms with E-state index in [2.05, 4.69) is 20.8 Å². The first-order valence-corrected chi connectivity index (χ1v) is 8.53. The van der Waals surface area contributed by atoms with Gasteiger partial charge in [-0.25, -0.2) is 4.79 Å². The van der Waals surface area contributed by atoms with E-state index in [1.807, 2.05) is 0 Å². The van der Waals surface area contributed by atoms with Crippen molar-refractivity contribution in [2.45, 2.75) is 37.3 Å². The van der Waals surface area contributed by atoms with Crippen LogP contribution in [-0.4, -0.2) is 40.5 Å². The molecule has 3 amide bonds. The number of thioether (sulfide) groups is 1. The number of imide groups is 1. The number of nitrogens with one attached hydrogen (secondary N) is 2. The second-order valence-corrected chi connectivity index (χ2v) is 6.77. The molecule has 0 aliphatic heterocycles. The van der Waals surface area contributed by atoms with Gasteiger partial charge in [-0.2, -0.15) is 0 Å². The molecule has 25 heavy (non-hydrogen) atoms. The minimum atomic E-state index is -0.568. The van der Waals surface area contributed by atoms with Gasteiger partial charge in [-0.05, 0) is 45.0 Å². The van der Waals surface area contributed by atoms with Gasteiger partial charge in [0, 0.05) is 11.6 Å². The number of carbonyl (C=O) groups is 2. The van der Waals surface area contributed by atoms with Gasteiger partial charge in [-0.3, -0.25) is 10.1 Å². The Labute approximate surface area is 149 Å². The Morgan fingerprint density at radius 3 is 2.44 bits per heavy atom. The maximum Gasteiger partial charge on any atom is 0.321 e. The monoisotopic (exact) mass is 364 g/mol. The SMILES string of the molecule is COc1ccc(-c2nnc(S[C@H](C)C(=O)NC(=O)NC(C)C)o2)cc1. The van der Waals surface area contributed by atoms with Crippen LogP contribution in [0.5, 0.6) is 5.75 Å². The molecule has 0 aliphatic rings. The summed E-state index contributed by atoms with van der Waals surface area (Å²) in [6.45, 7) is 5.27. The molecule has 0 saturated heterocycles. The molecule has 9 heteroatoms. The standard InChI is InChI=1S/C16H20N4O4S/c1-9(2)17-15(22)18-13(21)10(3)25-16-20-19-14(24-16)11-5-7-12(23-4)8-6-11/h5-10H,1-4H3,(H2,17,18,21,22)/t10-/m1/s1. The minimum absolute atomic E-state index is 0.0567. The minimum Gasteiger partial charge on any atom is -0.497 e. The molecule has 134 valence electrons. The van der Waals surface area contributed by atoms with Gasteiger partial charge in [0.05, 0.1) is 12.4 Å². The molecule has 1 aromatic carbocycles. The molecular weight excluding hydrogens is 344 g/mol. The number of amides is 3. The van der Waals surface area contributed by atoms with Gasteiger partial charge in [-0.15, -0.1) is 10.2 Å². The molecule has 0 radical (unpaired) electrons. The highest BCUT2D eigenvalue weighted by Crippen LogP contribution is 2.27. The first-order valence-electron chi connectivity index (χ1n) is 7.65. The number of rotatable bonds is 6. The van der Waals surface area contributed by atoms with Crippen LogP contribution in [0.3, 0.4) is 0 Å². The maximum absolute atomic E-state index is 12.0. The summed E-state index contributed by atoms with van der Waals surface area (Å²) in [7, 11) is 1.59. The van der Waals surface area contributed by atoms with Crippen molar-refractivity contribution in [2.75, 3.05) is 7.11 Å². The molecule has 2 aromatic rings. The highest BCUT2D eigenvalue weighted by atomic mass is 32.2. The van der Waals surface area contributed by atoms with Crippen LogP contribution >= 0.6 is 11.8 Å². The zero-order chi connectivity index (χ0) is 18.4. The van der Waals surface area contributed by atoms with Crippen LogP contribution in [-0.2, 0) is 4.79 Å². The molecule has 0 fully saturated rings. The Morgan fingerprint density at radius 1 is 1.16 bits per heavy atom. The van der Waals surface area contributed by atoms with Crippen molar-refractivity contribution >= 4 is 23.7 Å². The van der Waals surface area contributed by atoms with Crippen molar-refractivity contribution in [2.24, 2.45) is 0 Å². The highest BCUT2D eigenvalue weighted by Gasteiger charge is 2.20. The molecule has 8 nitrogen and oxygen atoms in total. The van der Waals surface area contributed by atoms with Crippen LogP contribution in [0.1, 0.15) is 20.8 Å². The van der Waals surface area contributed by atoms with Crippen molar-refractivity contribution in [3.05, 3.63) is 24.3 Å². The number of hydrogen-bond donors (Lipinski definition) is 2. The first-order chi connectivity index (χ1) is 11.9. The van der Waals surface area contributed by atoms with Gasteiger partial charge in [0.15, 0.2) is 0 Å². The maximum atomic E-state index is 12.0. The van der Waals surface area contributed by atoms with Crippen LogP contribution in [0.25, 0.3) is 11.5 Å². The van der Waals surface area contributed by atoms with E-state index in [4.69, 9.17) is 9.15 Å². The summed E-state index contributed by atoms with van der Waals surface area (Å²) in [5.74, 6) is 0.630. The molecule has 2 rings (SSSR count). The molecule has 0 aliphatic carbocycles. The predicted octanol–water partition coefficient (Wildman–Crippen LogP) is 2.46. The van der Waals surface area contributed by atoms with E-state index in [0.717, 1.165) is 23.1 Å². The third-order valence-corrected chi connectivity index (χ3v) is 3.98. The lowest BCUT2D eigenvalue weighted by Gasteiger charge is -2.11. The van der Waals surface area contributed by atoms with Crippen LogP contribution < -0.4 is 15.4 Å². The lowest BCUT2D eigenvalue weighted by Crippen LogP contribution is -2.45. The van der Waals surface area contributed by atoms with Gasteiger partial charge < -0.3 is 14.5 Å². The van der Waals surface area contributed by atoms with Crippen LogP contribution in [0.2, 0.25) is 0 Å². The fourth-order valence-electron chi connectivity index (χ4n) is 1.82. The Kier molecular flexibility index (Phi) is 6.40. The van der Waals surface area contributed by atoms with E-state index in [9.17, 15) is 9.59 Å². The summed E-state index contributed by atoms with van der Waals surface area (Å²) >= 11 is 1.08. The number of aromatic nitrogens is 2. The summed E-state index contributed by atoms with van der Waals surface area (Å²) in [5.41, 5.74) is 0.744. The molecule has 0 spiro atoms. The van der Waals surface area contributed by atoms with E-state index in [1.54, 1.807) is 52.1 Å². The fraction of sp³-hybridized carbons (Fsp3) is 0.375. The van der Waals surface area contributed by atoms with Gasteiger partial charge in [-0.1, -0.05) is 11.8 Å². The predicted molar refractivity (Wildman–Crippen MR) is 93.4 cm³/mol. The van der Waals surface area contributed by atoms with E-state index >= 15 is 0 Å². The normalized spacial score (nSPS) is 11.9. The molecule has 1 heterocycles. The average molecular weight is 364 g/mol. The van der Waals surface area contributed by atoms with E-state index in [-0.39, 0.29) is 11.3 Å². The van der Waals surface area contributed by atoms with Crippen molar-refractivity contribution in [1.82, 2.24) is 20.8 Å². The van der Waals surface area contributed by atoms with Crippen molar-refractivity contribution in [3.63, 3.8) is 0 Å². The Morgan fingerprint density at radius 2 is 1.84 bits per heavy atom. The van der Waals surface area contributed by atoms with Crippen molar-refractivity contribution in [1.29, 1.82) is 0 Å². The topological polar surface area (TPSA) is 106 Å². The largest absolute Gasteiger partial charge is 0.497 e. The molecular formula is C16H20N4O4S. The number of benzene rings is 1. The summed E-state index contributed by atoms with van der Waals surface area (Å²) < 4.78 is 10.6. The highest BCUT2D eigenvalue weighted by molar-refractivity contribution is 8.00. The van der Waals surface area contributed by atoms with Gasteiger partial charge in [0.25, 0.3) is 5.22 Å². The molecule has 0 unspecified atom stereocenters. The Balaban J connectivity index is 1.95. The third-order valence-electron chi connectivity index (χ3n) is 3.05. The van der Waals surface area contributed by atoms with Crippen LogP contribution in [0, 0.1) is 0 Å². The van der Waals surface area contributed by atoms with Gasteiger partial charge >= 0.3 is 6.03 Å². The van der Waals surface area contributed by atoms with Crippen molar-refractivity contribution < 1.29 is 18.7 Å². The second-order valence-electron chi connectivity index (χ2n) is 5.48. The van der Waals surface area contributed by atoms with E-state index < -0.39 is 17.2 Å². The first kappa shape index (κ1) is 18.8. The average Bonchev–Trinajstić information content (AvgIpc) is 3.02. The summed E-state index contributed by atoms with van der Waals surface area (Å²) in [6, 6.07) is 6.59.